The van der Waals surface area contributed by atoms with Crippen LogP contribution in [0.15, 0.2) is 4.99 Å². The van der Waals surface area contributed by atoms with Gasteiger partial charge in [0, 0.05) is 25.0 Å². The molecular formula is C15H29N3O3. The molecule has 1 fully saturated rings. The maximum atomic E-state index is 11.9. The first-order chi connectivity index (χ1) is 9.80. The zero-order valence-electron chi connectivity index (χ0n) is 14.0. The molecule has 21 heavy (non-hydrogen) atoms. The van der Waals surface area contributed by atoms with Gasteiger partial charge in [-0.15, -0.1) is 0 Å². The number of hydrogen-bond donors (Lipinski definition) is 0. The molecule has 1 aliphatic heterocycles. The highest BCUT2D eigenvalue weighted by atomic mass is 16.5. The van der Waals surface area contributed by atoms with E-state index in [0.29, 0.717) is 19.8 Å². The predicted molar refractivity (Wildman–Crippen MR) is 83.8 cm³/mol. The SMILES string of the molecule is CN(C)CCCOC(=O)/N=C(\N1CCOCC1)C(C)(C)C. The highest BCUT2D eigenvalue weighted by molar-refractivity contribution is 5.95. The van der Waals surface area contributed by atoms with Crippen molar-refractivity contribution in [2.45, 2.75) is 27.2 Å². The van der Waals surface area contributed by atoms with Gasteiger partial charge in [0.25, 0.3) is 0 Å². The van der Waals surface area contributed by atoms with Crippen molar-refractivity contribution in [3.63, 3.8) is 0 Å². The summed E-state index contributed by atoms with van der Waals surface area (Å²) in [4.78, 5) is 20.3. The quantitative estimate of drug-likeness (QED) is 0.450. The molecule has 6 nitrogen and oxygen atoms in total. The van der Waals surface area contributed by atoms with Gasteiger partial charge in [0.15, 0.2) is 0 Å². The van der Waals surface area contributed by atoms with Crippen molar-refractivity contribution in [3.05, 3.63) is 0 Å². The molecule has 0 N–H and O–H groups in total. The lowest BCUT2D eigenvalue weighted by Crippen LogP contribution is -2.46. The van der Waals surface area contributed by atoms with Gasteiger partial charge < -0.3 is 19.3 Å². The number of carbonyl (C=O) groups excluding carboxylic acids is 1. The highest BCUT2D eigenvalue weighted by Crippen LogP contribution is 2.20. The van der Waals surface area contributed by atoms with Gasteiger partial charge in [-0.25, -0.2) is 4.79 Å². The number of rotatable bonds is 4. The Bertz CT molecular complexity index is 356. The summed E-state index contributed by atoms with van der Waals surface area (Å²) >= 11 is 0. The van der Waals surface area contributed by atoms with Crippen LogP contribution in [0.2, 0.25) is 0 Å². The van der Waals surface area contributed by atoms with E-state index in [1.165, 1.54) is 0 Å². The van der Waals surface area contributed by atoms with Gasteiger partial charge in [-0.2, -0.15) is 4.99 Å². The molecule has 122 valence electrons. The average Bonchev–Trinajstić information content (AvgIpc) is 2.40. The van der Waals surface area contributed by atoms with Gasteiger partial charge >= 0.3 is 6.09 Å². The molecule has 0 saturated carbocycles. The summed E-state index contributed by atoms with van der Waals surface area (Å²) in [5.74, 6) is 0.781. The smallest absolute Gasteiger partial charge is 0.435 e. The van der Waals surface area contributed by atoms with Crippen LogP contribution in [0.25, 0.3) is 0 Å². The molecule has 0 spiro atoms. The second-order valence-electron chi connectivity index (χ2n) is 6.56. The molecule has 1 amide bonds. The summed E-state index contributed by atoms with van der Waals surface area (Å²) in [6.45, 7) is 10.4. The van der Waals surface area contributed by atoms with E-state index < -0.39 is 6.09 Å². The molecule has 0 bridgehead atoms. The van der Waals surface area contributed by atoms with E-state index in [9.17, 15) is 4.79 Å². The minimum Gasteiger partial charge on any atom is -0.448 e. The molecule has 0 radical (unpaired) electrons. The molecule has 6 heteroatoms. The second kappa shape index (κ2) is 8.34. The Morgan fingerprint density at radius 2 is 1.90 bits per heavy atom. The largest absolute Gasteiger partial charge is 0.448 e. The van der Waals surface area contributed by atoms with Crippen LogP contribution < -0.4 is 0 Å². The normalized spacial score (nSPS) is 17.2. The Hall–Kier alpha value is -1.14. The van der Waals surface area contributed by atoms with Gasteiger partial charge in [0.1, 0.15) is 5.84 Å². The van der Waals surface area contributed by atoms with Crippen molar-refractivity contribution < 1.29 is 14.3 Å². The fourth-order valence-electron chi connectivity index (χ4n) is 2.15. The maximum Gasteiger partial charge on any atom is 0.435 e. The molecule has 1 rings (SSSR count). The number of morpholine rings is 1. The van der Waals surface area contributed by atoms with Crippen molar-refractivity contribution in [3.8, 4) is 0 Å². The van der Waals surface area contributed by atoms with Crippen molar-refractivity contribution >= 4 is 11.9 Å². The fourth-order valence-corrected chi connectivity index (χ4v) is 2.15. The maximum absolute atomic E-state index is 11.9. The third-order valence-electron chi connectivity index (χ3n) is 3.15. The summed E-state index contributed by atoms with van der Waals surface area (Å²) < 4.78 is 10.5. The molecule has 1 heterocycles. The summed E-state index contributed by atoms with van der Waals surface area (Å²) in [5.41, 5.74) is -0.194. The van der Waals surface area contributed by atoms with Crippen LogP contribution >= 0.6 is 0 Å². The Balaban J connectivity index is 2.58. The van der Waals surface area contributed by atoms with Crippen LogP contribution in [-0.4, -0.2) is 75.3 Å². The van der Waals surface area contributed by atoms with Crippen molar-refractivity contribution in [2.24, 2.45) is 10.4 Å². The summed E-state index contributed by atoms with van der Waals surface area (Å²) in [6, 6.07) is 0. The molecular weight excluding hydrogens is 270 g/mol. The number of amidine groups is 1. The predicted octanol–water partition coefficient (Wildman–Crippen LogP) is 1.85. The van der Waals surface area contributed by atoms with E-state index in [0.717, 1.165) is 31.9 Å². The number of nitrogens with zero attached hydrogens (tertiary/aromatic N) is 3. The molecule has 0 aromatic heterocycles. The van der Waals surface area contributed by atoms with Crippen LogP contribution in [0.1, 0.15) is 27.2 Å². The highest BCUT2D eigenvalue weighted by Gasteiger charge is 2.27. The van der Waals surface area contributed by atoms with Gasteiger partial charge in [0.2, 0.25) is 0 Å². The van der Waals surface area contributed by atoms with E-state index in [2.05, 4.69) is 35.6 Å². The van der Waals surface area contributed by atoms with Gasteiger partial charge in [-0.1, -0.05) is 20.8 Å². The lowest BCUT2D eigenvalue weighted by molar-refractivity contribution is 0.0642. The number of hydrogen-bond acceptors (Lipinski definition) is 4. The van der Waals surface area contributed by atoms with E-state index >= 15 is 0 Å². The average molecular weight is 299 g/mol. The van der Waals surface area contributed by atoms with Crippen LogP contribution in [0.3, 0.4) is 0 Å². The van der Waals surface area contributed by atoms with Crippen LogP contribution in [0, 0.1) is 5.41 Å². The van der Waals surface area contributed by atoms with Crippen LogP contribution in [0.5, 0.6) is 0 Å². The van der Waals surface area contributed by atoms with E-state index in [1.807, 2.05) is 14.1 Å². The first-order valence-electron chi connectivity index (χ1n) is 7.54. The van der Waals surface area contributed by atoms with E-state index in [-0.39, 0.29) is 5.41 Å². The number of aliphatic imine (C=N–C) groups is 1. The van der Waals surface area contributed by atoms with Gasteiger partial charge in [-0.3, -0.25) is 0 Å². The summed E-state index contributed by atoms with van der Waals surface area (Å²) in [7, 11) is 3.99. The Labute approximate surface area is 128 Å². The molecule has 1 saturated heterocycles. The van der Waals surface area contributed by atoms with E-state index in [4.69, 9.17) is 9.47 Å². The first-order valence-corrected chi connectivity index (χ1v) is 7.54. The van der Waals surface area contributed by atoms with Crippen LogP contribution in [-0.2, 0) is 9.47 Å². The van der Waals surface area contributed by atoms with E-state index in [1.54, 1.807) is 0 Å². The number of ether oxygens (including phenoxy) is 2. The van der Waals surface area contributed by atoms with Crippen molar-refractivity contribution in [1.29, 1.82) is 0 Å². The molecule has 1 aliphatic rings. The number of amides is 1. The van der Waals surface area contributed by atoms with Gasteiger partial charge in [-0.05, 0) is 20.5 Å². The Kier molecular flexibility index (Phi) is 7.11. The lowest BCUT2D eigenvalue weighted by Gasteiger charge is -2.35. The molecule has 0 atom stereocenters. The van der Waals surface area contributed by atoms with Gasteiger partial charge in [0.05, 0.1) is 19.8 Å². The van der Waals surface area contributed by atoms with Crippen molar-refractivity contribution in [2.75, 3.05) is 53.6 Å². The lowest BCUT2D eigenvalue weighted by atomic mass is 9.93. The minimum absolute atomic E-state index is 0.194. The summed E-state index contributed by atoms with van der Waals surface area (Å²) in [6.07, 6.45) is 0.321. The third kappa shape index (κ3) is 6.91. The topological polar surface area (TPSA) is 54.4 Å². The number of carbonyl (C=O) groups is 1. The second-order valence-corrected chi connectivity index (χ2v) is 6.56. The monoisotopic (exact) mass is 299 g/mol. The van der Waals surface area contributed by atoms with Crippen molar-refractivity contribution in [1.82, 2.24) is 9.80 Å². The molecule has 0 aromatic rings. The summed E-state index contributed by atoms with van der Waals surface area (Å²) in [5, 5.41) is 0. The zero-order chi connectivity index (χ0) is 15.9. The fraction of sp³-hybridized carbons (Fsp3) is 0.867. The molecule has 0 unspecified atom stereocenters. The molecule has 0 aliphatic carbocycles. The standard InChI is InChI=1S/C15H29N3O3/c1-15(2,3)13(18-8-11-20-12-9-18)16-14(19)21-10-6-7-17(4)5/h6-12H2,1-5H3/b16-13-. The third-order valence-corrected chi connectivity index (χ3v) is 3.15. The molecule has 0 aromatic carbocycles. The first kappa shape index (κ1) is 17.9. The van der Waals surface area contributed by atoms with Crippen LogP contribution in [0.4, 0.5) is 4.79 Å². The minimum atomic E-state index is -0.495. The Morgan fingerprint density at radius 1 is 1.29 bits per heavy atom. The zero-order valence-corrected chi connectivity index (χ0v) is 14.0. The Morgan fingerprint density at radius 3 is 2.43 bits per heavy atom.